The zero-order valence-corrected chi connectivity index (χ0v) is 20.2. The van der Waals surface area contributed by atoms with Crippen molar-refractivity contribution < 1.29 is 14.7 Å². The molecule has 0 bridgehead atoms. The summed E-state index contributed by atoms with van der Waals surface area (Å²) in [5.74, 6) is 0.259. The molecule has 1 aliphatic rings. The average Bonchev–Trinajstić information content (AvgIpc) is 3.31. The Bertz CT molecular complexity index is 1190. The summed E-state index contributed by atoms with van der Waals surface area (Å²) in [5.41, 5.74) is 3.46. The third kappa shape index (κ3) is 5.20. The highest BCUT2D eigenvalue weighted by Gasteiger charge is 2.26. The highest BCUT2D eigenvalue weighted by atomic mass is 35.5. The van der Waals surface area contributed by atoms with Crippen molar-refractivity contribution in [3.05, 3.63) is 74.2 Å². The second-order valence-corrected chi connectivity index (χ2v) is 9.63. The minimum atomic E-state index is -0.266. The monoisotopic (exact) mass is 483 g/mol. The van der Waals surface area contributed by atoms with Gasteiger partial charge in [0.15, 0.2) is 0 Å². The van der Waals surface area contributed by atoms with Gasteiger partial charge in [0.2, 0.25) is 5.91 Å². The van der Waals surface area contributed by atoms with Crippen LogP contribution in [-0.2, 0) is 11.2 Å². The first kappa shape index (κ1) is 23.3. The standard InChI is InChI=1S/C25H26ClN3O3S/c1-15-16(2)22(30)8-7-20(15)27-24(32)21-14-33-25(28-21)17-9-11-29(12-10-17)23(31)13-18-5-3-4-6-19(18)26/h3-8,14,17,30H,9-13H2,1-2H3,(H,27,32). The first-order valence-corrected chi connectivity index (χ1v) is 12.2. The number of nitrogens with zero attached hydrogens (tertiary/aromatic N) is 2. The SMILES string of the molecule is Cc1c(O)ccc(NC(=O)c2csc(C3CCN(C(=O)Cc4ccccc4Cl)CC3)n2)c1C. The van der Waals surface area contributed by atoms with Crippen LogP contribution in [0.3, 0.4) is 0 Å². The maximum Gasteiger partial charge on any atom is 0.275 e. The van der Waals surface area contributed by atoms with Crippen molar-refractivity contribution in [3.8, 4) is 5.75 Å². The summed E-state index contributed by atoms with van der Waals surface area (Å²) in [6.07, 6.45) is 1.94. The number of phenolic OH excluding ortho intramolecular Hbond substituents is 1. The number of halogens is 1. The maximum atomic E-state index is 12.7. The molecule has 0 radical (unpaired) electrons. The van der Waals surface area contributed by atoms with E-state index in [0.29, 0.717) is 35.9 Å². The molecular formula is C25H26ClN3O3S. The van der Waals surface area contributed by atoms with Gasteiger partial charge < -0.3 is 15.3 Å². The smallest absolute Gasteiger partial charge is 0.275 e. The van der Waals surface area contributed by atoms with E-state index in [-0.39, 0.29) is 23.5 Å². The molecule has 172 valence electrons. The highest BCUT2D eigenvalue weighted by molar-refractivity contribution is 7.10. The van der Waals surface area contributed by atoms with Gasteiger partial charge in [-0.1, -0.05) is 29.8 Å². The molecule has 0 unspecified atom stereocenters. The van der Waals surface area contributed by atoms with Gasteiger partial charge >= 0.3 is 0 Å². The molecule has 4 rings (SSSR count). The Morgan fingerprint density at radius 3 is 2.61 bits per heavy atom. The topological polar surface area (TPSA) is 82.5 Å². The Morgan fingerprint density at radius 1 is 1.15 bits per heavy atom. The number of likely N-dealkylation sites (tertiary alicyclic amines) is 1. The van der Waals surface area contributed by atoms with Gasteiger partial charge in [0.05, 0.1) is 11.4 Å². The Labute approximate surface area is 202 Å². The Hall–Kier alpha value is -2.90. The van der Waals surface area contributed by atoms with Crippen LogP contribution in [0.2, 0.25) is 5.02 Å². The van der Waals surface area contributed by atoms with Crippen LogP contribution in [0, 0.1) is 13.8 Å². The number of aromatic hydroxyl groups is 1. The molecule has 3 aromatic rings. The van der Waals surface area contributed by atoms with Crippen LogP contribution in [0.1, 0.15) is 50.9 Å². The fourth-order valence-electron chi connectivity index (χ4n) is 4.00. The summed E-state index contributed by atoms with van der Waals surface area (Å²) in [6.45, 7) is 5.01. The highest BCUT2D eigenvalue weighted by Crippen LogP contribution is 2.31. The van der Waals surface area contributed by atoms with Crippen molar-refractivity contribution in [2.24, 2.45) is 0 Å². The molecule has 6 nitrogen and oxygen atoms in total. The van der Waals surface area contributed by atoms with Gasteiger partial charge in [-0.25, -0.2) is 4.98 Å². The minimum absolute atomic E-state index is 0.0836. The van der Waals surface area contributed by atoms with E-state index < -0.39 is 0 Å². The van der Waals surface area contributed by atoms with Gasteiger partial charge in [-0.2, -0.15) is 0 Å². The van der Waals surface area contributed by atoms with E-state index in [1.54, 1.807) is 23.6 Å². The number of piperidine rings is 1. The first-order chi connectivity index (χ1) is 15.8. The number of phenols is 1. The number of benzene rings is 2. The van der Waals surface area contributed by atoms with Gasteiger partial charge in [-0.05, 0) is 61.6 Å². The summed E-state index contributed by atoms with van der Waals surface area (Å²) in [6, 6.07) is 10.7. The first-order valence-electron chi connectivity index (χ1n) is 10.9. The largest absolute Gasteiger partial charge is 0.508 e. The third-order valence-corrected chi connectivity index (χ3v) is 7.63. The quantitative estimate of drug-likeness (QED) is 0.481. The molecule has 0 aliphatic carbocycles. The van der Waals surface area contributed by atoms with Gasteiger partial charge in [0, 0.05) is 35.1 Å². The molecule has 8 heteroatoms. The van der Waals surface area contributed by atoms with Crippen LogP contribution in [0.25, 0.3) is 0 Å². The van der Waals surface area contributed by atoms with Crippen LogP contribution in [-0.4, -0.2) is 39.9 Å². The van der Waals surface area contributed by atoms with Crippen molar-refractivity contribution in [2.45, 2.75) is 39.0 Å². The Kier molecular flexibility index (Phi) is 7.00. The lowest BCUT2D eigenvalue weighted by Gasteiger charge is -2.31. The van der Waals surface area contributed by atoms with Crippen molar-refractivity contribution >= 4 is 40.4 Å². The number of rotatable bonds is 5. The molecule has 2 N–H and O–H groups in total. The number of anilines is 1. The number of carbonyl (C=O) groups is 2. The molecule has 1 aliphatic heterocycles. The summed E-state index contributed by atoms with van der Waals surface area (Å²) in [7, 11) is 0. The average molecular weight is 484 g/mol. The van der Waals surface area contributed by atoms with Crippen molar-refractivity contribution in [2.75, 3.05) is 18.4 Å². The second-order valence-electron chi connectivity index (χ2n) is 8.33. The molecule has 1 saturated heterocycles. The molecule has 0 spiro atoms. The van der Waals surface area contributed by atoms with E-state index >= 15 is 0 Å². The van der Waals surface area contributed by atoms with Crippen molar-refractivity contribution in [1.29, 1.82) is 0 Å². The lowest BCUT2D eigenvalue weighted by Crippen LogP contribution is -2.38. The van der Waals surface area contributed by atoms with Crippen molar-refractivity contribution in [1.82, 2.24) is 9.88 Å². The third-order valence-electron chi connectivity index (χ3n) is 6.26. The number of hydrogen-bond donors (Lipinski definition) is 2. The van der Waals surface area contributed by atoms with Gasteiger partial charge in [-0.15, -0.1) is 11.3 Å². The van der Waals surface area contributed by atoms with E-state index in [0.717, 1.165) is 34.5 Å². The van der Waals surface area contributed by atoms with Gasteiger partial charge in [0.25, 0.3) is 5.91 Å². The molecule has 1 fully saturated rings. The zero-order valence-electron chi connectivity index (χ0n) is 18.6. The number of hydrogen-bond acceptors (Lipinski definition) is 5. The molecule has 2 aromatic carbocycles. The van der Waals surface area contributed by atoms with E-state index in [9.17, 15) is 14.7 Å². The van der Waals surface area contributed by atoms with Gasteiger partial charge in [-0.3, -0.25) is 9.59 Å². The van der Waals surface area contributed by atoms with E-state index in [2.05, 4.69) is 10.3 Å². The number of aromatic nitrogens is 1. The maximum absolute atomic E-state index is 12.7. The van der Waals surface area contributed by atoms with E-state index in [1.807, 2.05) is 36.9 Å². The number of nitrogens with one attached hydrogen (secondary N) is 1. The lowest BCUT2D eigenvalue weighted by molar-refractivity contribution is -0.131. The Morgan fingerprint density at radius 2 is 1.88 bits per heavy atom. The molecule has 2 amide bonds. The number of thiazole rings is 1. The van der Waals surface area contributed by atoms with Crippen LogP contribution in [0.5, 0.6) is 5.75 Å². The van der Waals surface area contributed by atoms with E-state index in [1.165, 1.54) is 11.3 Å². The molecule has 1 aromatic heterocycles. The molecule has 0 saturated carbocycles. The normalized spacial score (nSPS) is 14.3. The molecule has 0 atom stereocenters. The fourth-order valence-corrected chi connectivity index (χ4v) is 5.17. The molecular weight excluding hydrogens is 458 g/mol. The fraction of sp³-hybridized carbons (Fsp3) is 0.320. The van der Waals surface area contributed by atoms with Gasteiger partial charge in [0.1, 0.15) is 11.4 Å². The minimum Gasteiger partial charge on any atom is -0.508 e. The Balaban J connectivity index is 1.34. The predicted molar refractivity (Wildman–Crippen MR) is 131 cm³/mol. The summed E-state index contributed by atoms with van der Waals surface area (Å²) >= 11 is 7.68. The summed E-state index contributed by atoms with van der Waals surface area (Å²) in [5, 5.41) is 16.0. The van der Waals surface area contributed by atoms with Crippen LogP contribution in [0.4, 0.5) is 5.69 Å². The second kappa shape index (κ2) is 9.93. The molecule has 33 heavy (non-hydrogen) atoms. The van der Waals surface area contributed by atoms with Crippen LogP contribution < -0.4 is 5.32 Å². The zero-order chi connectivity index (χ0) is 23.5. The number of amides is 2. The van der Waals surface area contributed by atoms with Crippen LogP contribution in [0.15, 0.2) is 41.8 Å². The van der Waals surface area contributed by atoms with E-state index in [4.69, 9.17) is 11.6 Å². The van der Waals surface area contributed by atoms with Crippen molar-refractivity contribution in [3.63, 3.8) is 0 Å². The predicted octanol–water partition coefficient (Wildman–Crippen LogP) is 5.32. The summed E-state index contributed by atoms with van der Waals surface area (Å²) < 4.78 is 0. The number of carbonyl (C=O) groups excluding carboxylic acids is 2. The van der Waals surface area contributed by atoms with Crippen LogP contribution >= 0.6 is 22.9 Å². The lowest BCUT2D eigenvalue weighted by atomic mass is 9.97. The molecule has 2 heterocycles. The summed E-state index contributed by atoms with van der Waals surface area (Å²) in [4.78, 5) is 31.9.